The molecule has 0 saturated heterocycles. The zero-order valence-corrected chi connectivity index (χ0v) is 9.28. The van der Waals surface area contributed by atoms with Gasteiger partial charge in [0, 0.05) is 16.7 Å². The van der Waals surface area contributed by atoms with E-state index in [9.17, 15) is 4.79 Å². The van der Waals surface area contributed by atoms with Crippen LogP contribution in [-0.2, 0) is 4.79 Å². The van der Waals surface area contributed by atoms with E-state index in [2.05, 4.69) is 26.2 Å². The predicted molar refractivity (Wildman–Crippen MR) is 57.3 cm³/mol. The molecule has 1 rings (SSSR count). The topological polar surface area (TPSA) is 62.2 Å². The molecule has 0 radical (unpaired) electrons. The zero-order valence-electron chi connectivity index (χ0n) is 7.70. The lowest BCUT2D eigenvalue weighted by atomic mass is 10.2. The average molecular weight is 259 g/mol. The number of halogens is 1. The molecule has 1 heterocycles. The third-order valence-corrected chi connectivity index (χ3v) is 2.03. The van der Waals surface area contributed by atoms with Gasteiger partial charge in [0.1, 0.15) is 0 Å². The maximum Gasteiger partial charge on any atom is 0.305 e. The molecule has 0 bridgehead atoms. The predicted octanol–water partition coefficient (Wildman–Crippen LogP) is 2.12. The SMILES string of the molecule is CC(CC(=O)O)Nc1cncc(Br)c1. The Hall–Kier alpha value is -1.10. The smallest absolute Gasteiger partial charge is 0.305 e. The number of carbonyl (C=O) groups is 1. The van der Waals surface area contributed by atoms with E-state index in [1.54, 1.807) is 12.4 Å². The monoisotopic (exact) mass is 258 g/mol. The van der Waals surface area contributed by atoms with Crippen molar-refractivity contribution in [2.45, 2.75) is 19.4 Å². The average Bonchev–Trinajstić information content (AvgIpc) is 2.01. The van der Waals surface area contributed by atoms with Gasteiger partial charge in [0.25, 0.3) is 0 Å². The minimum Gasteiger partial charge on any atom is -0.481 e. The Morgan fingerprint density at radius 2 is 2.43 bits per heavy atom. The maximum absolute atomic E-state index is 10.4. The molecule has 5 heteroatoms. The number of carboxylic acids is 1. The zero-order chi connectivity index (χ0) is 10.6. The summed E-state index contributed by atoms with van der Waals surface area (Å²) in [6.45, 7) is 1.81. The highest BCUT2D eigenvalue weighted by Gasteiger charge is 2.06. The molecule has 4 nitrogen and oxygen atoms in total. The summed E-state index contributed by atoms with van der Waals surface area (Å²) in [4.78, 5) is 14.4. The molecule has 1 atom stereocenters. The van der Waals surface area contributed by atoms with Crippen molar-refractivity contribution in [2.75, 3.05) is 5.32 Å². The highest BCUT2D eigenvalue weighted by atomic mass is 79.9. The molecule has 0 aliphatic rings. The lowest BCUT2D eigenvalue weighted by Crippen LogP contribution is -2.19. The maximum atomic E-state index is 10.4. The molecule has 0 fully saturated rings. The van der Waals surface area contributed by atoms with E-state index >= 15 is 0 Å². The van der Waals surface area contributed by atoms with Crippen LogP contribution in [-0.4, -0.2) is 22.1 Å². The Morgan fingerprint density at radius 1 is 1.71 bits per heavy atom. The van der Waals surface area contributed by atoms with Gasteiger partial charge in [0.05, 0.1) is 18.3 Å². The first kappa shape index (κ1) is 11.0. The minimum atomic E-state index is -0.812. The quantitative estimate of drug-likeness (QED) is 0.869. The van der Waals surface area contributed by atoms with Crippen LogP contribution in [0.5, 0.6) is 0 Å². The number of anilines is 1. The number of nitrogens with one attached hydrogen (secondary N) is 1. The van der Waals surface area contributed by atoms with Crippen LogP contribution >= 0.6 is 15.9 Å². The van der Waals surface area contributed by atoms with Crippen molar-refractivity contribution in [2.24, 2.45) is 0 Å². The number of hydrogen-bond donors (Lipinski definition) is 2. The molecule has 0 spiro atoms. The number of carboxylic acid groups (broad SMARTS) is 1. The minimum absolute atomic E-state index is 0.0898. The molecule has 0 aliphatic heterocycles. The van der Waals surface area contributed by atoms with E-state index in [0.29, 0.717) is 0 Å². The van der Waals surface area contributed by atoms with Gasteiger partial charge >= 0.3 is 5.97 Å². The Labute approximate surface area is 90.5 Å². The number of aliphatic carboxylic acids is 1. The van der Waals surface area contributed by atoms with Gasteiger partial charge in [-0.1, -0.05) is 0 Å². The van der Waals surface area contributed by atoms with Crippen LogP contribution < -0.4 is 5.32 Å². The van der Waals surface area contributed by atoms with Gasteiger partial charge in [-0.3, -0.25) is 9.78 Å². The van der Waals surface area contributed by atoms with Crippen molar-refractivity contribution in [3.05, 3.63) is 22.9 Å². The van der Waals surface area contributed by atoms with Crippen molar-refractivity contribution >= 4 is 27.6 Å². The molecule has 76 valence electrons. The summed E-state index contributed by atoms with van der Waals surface area (Å²) in [6.07, 6.45) is 3.42. The van der Waals surface area contributed by atoms with E-state index in [-0.39, 0.29) is 12.5 Å². The molecule has 14 heavy (non-hydrogen) atoms. The number of nitrogens with zero attached hydrogens (tertiary/aromatic N) is 1. The largest absolute Gasteiger partial charge is 0.481 e. The van der Waals surface area contributed by atoms with Crippen molar-refractivity contribution in [3.63, 3.8) is 0 Å². The highest BCUT2D eigenvalue weighted by molar-refractivity contribution is 9.10. The Bertz CT molecular complexity index is 330. The van der Waals surface area contributed by atoms with Gasteiger partial charge in [0.2, 0.25) is 0 Å². The fraction of sp³-hybridized carbons (Fsp3) is 0.333. The lowest BCUT2D eigenvalue weighted by Gasteiger charge is -2.12. The third kappa shape index (κ3) is 3.74. The number of pyridine rings is 1. The normalized spacial score (nSPS) is 12.1. The van der Waals surface area contributed by atoms with Crippen molar-refractivity contribution in [3.8, 4) is 0 Å². The van der Waals surface area contributed by atoms with E-state index in [1.165, 1.54) is 0 Å². The molecule has 2 N–H and O–H groups in total. The molecular formula is C9H11BrN2O2. The summed E-state index contributed by atoms with van der Waals surface area (Å²) in [5.74, 6) is -0.812. The lowest BCUT2D eigenvalue weighted by molar-refractivity contribution is -0.137. The molecular weight excluding hydrogens is 248 g/mol. The highest BCUT2D eigenvalue weighted by Crippen LogP contribution is 2.14. The van der Waals surface area contributed by atoms with E-state index in [0.717, 1.165) is 10.2 Å². The summed E-state index contributed by atoms with van der Waals surface area (Å²) < 4.78 is 0.866. The van der Waals surface area contributed by atoms with Crippen LogP contribution in [0, 0.1) is 0 Å². The summed E-state index contributed by atoms with van der Waals surface area (Å²) in [5, 5.41) is 11.6. The molecule has 0 aliphatic carbocycles. The summed E-state index contributed by atoms with van der Waals surface area (Å²) in [5.41, 5.74) is 0.813. The standard InChI is InChI=1S/C9H11BrN2O2/c1-6(2-9(13)14)12-8-3-7(10)4-11-5-8/h3-6,12H,2H2,1H3,(H,13,14). The number of rotatable bonds is 4. The summed E-state index contributed by atoms with van der Waals surface area (Å²) >= 11 is 3.28. The Morgan fingerprint density at radius 3 is 3.00 bits per heavy atom. The van der Waals surface area contributed by atoms with Crippen LogP contribution in [0.15, 0.2) is 22.9 Å². The van der Waals surface area contributed by atoms with Crippen molar-refractivity contribution < 1.29 is 9.90 Å². The molecule has 0 amide bonds. The van der Waals surface area contributed by atoms with Crippen molar-refractivity contribution in [1.29, 1.82) is 0 Å². The van der Waals surface area contributed by atoms with Crippen LogP contribution in [0.3, 0.4) is 0 Å². The van der Waals surface area contributed by atoms with E-state index < -0.39 is 5.97 Å². The van der Waals surface area contributed by atoms with Gasteiger partial charge in [-0.25, -0.2) is 0 Å². The van der Waals surface area contributed by atoms with Gasteiger partial charge < -0.3 is 10.4 Å². The molecule has 0 aromatic carbocycles. The number of hydrogen-bond acceptors (Lipinski definition) is 3. The Balaban J connectivity index is 2.55. The first-order valence-corrected chi connectivity index (χ1v) is 4.96. The van der Waals surface area contributed by atoms with Crippen LogP contribution in [0.4, 0.5) is 5.69 Å². The van der Waals surface area contributed by atoms with E-state index in [1.807, 2.05) is 13.0 Å². The summed E-state index contributed by atoms with van der Waals surface area (Å²) in [6, 6.07) is 1.74. The molecule has 1 aromatic rings. The van der Waals surface area contributed by atoms with Crippen LogP contribution in [0.2, 0.25) is 0 Å². The second-order valence-electron chi connectivity index (χ2n) is 3.04. The Kier molecular flexibility index (Phi) is 3.88. The van der Waals surface area contributed by atoms with E-state index in [4.69, 9.17) is 5.11 Å². The second-order valence-corrected chi connectivity index (χ2v) is 3.95. The second kappa shape index (κ2) is 4.95. The third-order valence-electron chi connectivity index (χ3n) is 1.60. The van der Waals surface area contributed by atoms with Crippen LogP contribution in [0.1, 0.15) is 13.3 Å². The molecule has 1 unspecified atom stereocenters. The molecule has 0 saturated carbocycles. The first-order valence-electron chi connectivity index (χ1n) is 4.17. The summed E-state index contributed by atoms with van der Waals surface area (Å²) in [7, 11) is 0. The first-order chi connectivity index (χ1) is 6.58. The van der Waals surface area contributed by atoms with Gasteiger partial charge in [-0.2, -0.15) is 0 Å². The van der Waals surface area contributed by atoms with Crippen molar-refractivity contribution in [1.82, 2.24) is 4.98 Å². The fourth-order valence-corrected chi connectivity index (χ4v) is 1.45. The van der Waals surface area contributed by atoms with Gasteiger partial charge in [-0.05, 0) is 28.9 Å². The fourth-order valence-electron chi connectivity index (χ4n) is 1.09. The van der Waals surface area contributed by atoms with Gasteiger partial charge in [-0.15, -0.1) is 0 Å². The van der Waals surface area contributed by atoms with Crippen LogP contribution in [0.25, 0.3) is 0 Å². The molecule has 1 aromatic heterocycles. The van der Waals surface area contributed by atoms with Gasteiger partial charge in [0.15, 0.2) is 0 Å². The number of aromatic nitrogens is 1.